The van der Waals surface area contributed by atoms with Crippen molar-refractivity contribution in [3.8, 4) is 5.75 Å². The summed E-state index contributed by atoms with van der Waals surface area (Å²) in [6.45, 7) is 0. The van der Waals surface area contributed by atoms with Crippen LogP contribution in [-0.4, -0.2) is 18.8 Å². The second kappa shape index (κ2) is 8.63. The lowest BCUT2D eigenvalue weighted by atomic mass is 10.0. The molecule has 3 aromatic carbocycles. The van der Waals surface area contributed by atoms with Gasteiger partial charge >= 0.3 is 0 Å². The quantitative estimate of drug-likeness (QED) is 0.519. The molecular formula is C23H19NO3. The third-order valence-corrected chi connectivity index (χ3v) is 4.02. The SMILES string of the molecule is COc1ccccc1/C=C/C(=O)Nc1ccccc1C(=O)c1ccccc1. The molecule has 3 rings (SSSR count). The molecule has 0 aliphatic rings. The first kappa shape index (κ1) is 18.1. The molecule has 0 atom stereocenters. The van der Waals surface area contributed by atoms with Gasteiger partial charge in [-0.25, -0.2) is 0 Å². The first-order valence-corrected chi connectivity index (χ1v) is 8.50. The van der Waals surface area contributed by atoms with E-state index in [0.717, 1.165) is 5.56 Å². The van der Waals surface area contributed by atoms with Crippen LogP contribution in [0.3, 0.4) is 0 Å². The van der Waals surface area contributed by atoms with Gasteiger partial charge in [-0.3, -0.25) is 9.59 Å². The van der Waals surface area contributed by atoms with Crippen LogP contribution in [0.4, 0.5) is 5.69 Å². The highest BCUT2D eigenvalue weighted by Gasteiger charge is 2.14. The molecule has 1 amide bonds. The highest BCUT2D eigenvalue weighted by atomic mass is 16.5. The predicted molar refractivity (Wildman–Crippen MR) is 107 cm³/mol. The first-order chi connectivity index (χ1) is 13.2. The summed E-state index contributed by atoms with van der Waals surface area (Å²) >= 11 is 0. The minimum absolute atomic E-state index is 0.139. The number of methoxy groups -OCH3 is 1. The molecule has 0 radical (unpaired) electrons. The maximum absolute atomic E-state index is 12.7. The van der Waals surface area contributed by atoms with Crippen molar-refractivity contribution in [3.63, 3.8) is 0 Å². The van der Waals surface area contributed by atoms with Crippen LogP contribution in [0, 0.1) is 0 Å². The Labute approximate surface area is 158 Å². The minimum Gasteiger partial charge on any atom is -0.496 e. The molecule has 3 aromatic rings. The van der Waals surface area contributed by atoms with E-state index in [-0.39, 0.29) is 11.7 Å². The first-order valence-electron chi connectivity index (χ1n) is 8.50. The molecule has 27 heavy (non-hydrogen) atoms. The van der Waals surface area contributed by atoms with E-state index in [0.29, 0.717) is 22.6 Å². The molecule has 0 fully saturated rings. The van der Waals surface area contributed by atoms with Crippen molar-refractivity contribution in [2.45, 2.75) is 0 Å². The molecule has 0 spiro atoms. The number of hydrogen-bond donors (Lipinski definition) is 1. The van der Waals surface area contributed by atoms with Gasteiger partial charge in [-0.2, -0.15) is 0 Å². The van der Waals surface area contributed by atoms with Crippen LogP contribution in [-0.2, 0) is 4.79 Å². The van der Waals surface area contributed by atoms with Gasteiger partial charge in [0.1, 0.15) is 5.75 Å². The lowest BCUT2D eigenvalue weighted by molar-refractivity contribution is -0.111. The van der Waals surface area contributed by atoms with Gasteiger partial charge in [0.25, 0.3) is 0 Å². The summed E-state index contributed by atoms with van der Waals surface area (Å²) in [5.41, 5.74) is 2.29. The number of ether oxygens (including phenoxy) is 1. The molecule has 0 aromatic heterocycles. The molecule has 4 heteroatoms. The van der Waals surface area contributed by atoms with Gasteiger partial charge in [-0.1, -0.05) is 60.7 Å². The Morgan fingerprint density at radius 3 is 2.30 bits per heavy atom. The van der Waals surface area contributed by atoms with E-state index in [1.54, 1.807) is 49.6 Å². The number of ketones is 1. The molecular weight excluding hydrogens is 338 g/mol. The molecule has 0 bridgehead atoms. The third-order valence-electron chi connectivity index (χ3n) is 4.02. The highest BCUT2D eigenvalue weighted by Crippen LogP contribution is 2.21. The monoisotopic (exact) mass is 357 g/mol. The number of carbonyl (C=O) groups is 2. The topological polar surface area (TPSA) is 55.4 Å². The molecule has 0 unspecified atom stereocenters. The second-order valence-electron chi connectivity index (χ2n) is 5.81. The van der Waals surface area contributed by atoms with Gasteiger partial charge < -0.3 is 10.1 Å². The Balaban J connectivity index is 1.79. The lowest BCUT2D eigenvalue weighted by Crippen LogP contribution is -2.12. The number of carbonyl (C=O) groups excluding carboxylic acids is 2. The van der Waals surface area contributed by atoms with Gasteiger partial charge in [0.2, 0.25) is 5.91 Å². The van der Waals surface area contributed by atoms with Gasteiger partial charge in [0.05, 0.1) is 12.8 Å². The van der Waals surface area contributed by atoms with Crippen LogP contribution in [0.5, 0.6) is 5.75 Å². The third kappa shape index (κ3) is 4.50. The fourth-order valence-electron chi connectivity index (χ4n) is 2.68. The van der Waals surface area contributed by atoms with E-state index in [2.05, 4.69) is 5.32 Å². The number of hydrogen-bond acceptors (Lipinski definition) is 3. The van der Waals surface area contributed by atoms with Crippen molar-refractivity contribution in [2.24, 2.45) is 0 Å². The average Bonchev–Trinajstić information content (AvgIpc) is 2.73. The maximum atomic E-state index is 12.7. The summed E-state index contributed by atoms with van der Waals surface area (Å²) in [7, 11) is 1.58. The normalized spacial score (nSPS) is 10.6. The summed E-state index contributed by atoms with van der Waals surface area (Å²) < 4.78 is 5.27. The number of benzene rings is 3. The largest absolute Gasteiger partial charge is 0.496 e. The van der Waals surface area contributed by atoms with Gasteiger partial charge in [0, 0.05) is 22.8 Å². The molecule has 0 aliphatic heterocycles. The number of anilines is 1. The zero-order valence-corrected chi connectivity index (χ0v) is 14.9. The van der Waals surface area contributed by atoms with Crippen LogP contribution in [0.25, 0.3) is 6.08 Å². The van der Waals surface area contributed by atoms with Gasteiger partial charge in [0.15, 0.2) is 5.78 Å². The highest BCUT2D eigenvalue weighted by molar-refractivity contribution is 6.14. The Hall–Kier alpha value is -3.66. The molecule has 0 aliphatic carbocycles. The molecule has 0 saturated heterocycles. The number of para-hydroxylation sites is 2. The Kier molecular flexibility index (Phi) is 5.80. The van der Waals surface area contributed by atoms with E-state index in [1.807, 2.05) is 42.5 Å². The lowest BCUT2D eigenvalue weighted by Gasteiger charge is -2.09. The summed E-state index contributed by atoms with van der Waals surface area (Å²) in [6, 6.07) is 23.4. The Morgan fingerprint density at radius 2 is 1.52 bits per heavy atom. The smallest absolute Gasteiger partial charge is 0.248 e. The zero-order valence-electron chi connectivity index (χ0n) is 14.9. The van der Waals surface area contributed by atoms with Crippen molar-refractivity contribution in [1.29, 1.82) is 0 Å². The molecule has 0 saturated carbocycles. The summed E-state index contributed by atoms with van der Waals surface area (Å²) in [5, 5.41) is 2.78. The van der Waals surface area contributed by atoms with Crippen LogP contribution >= 0.6 is 0 Å². The number of amides is 1. The molecule has 134 valence electrons. The fourth-order valence-corrected chi connectivity index (χ4v) is 2.68. The zero-order chi connectivity index (χ0) is 19.1. The van der Waals surface area contributed by atoms with E-state index in [9.17, 15) is 9.59 Å². The van der Waals surface area contributed by atoms with Gasteiger partial charge in [-0.05, 0) is 24.3 Å². The Bertz CT molecular complexity index is 978. The van der Waals surface area contributed by atoms with Crippen molar-refractivity contribution in [3.05, 3.63) is 102 Å². The maximum Gasteiger partial charge on any atom is 0.248 e. The van der Waals surface area contributed by atoms with Crippen LogP contribution < -0.4 is 10.1 Å². The van der Waals surface area contributed by atoms with E-state index in [1.165, 1.54) is 6.08 Å². The summed E-state index contributed by atoms with van der Waals surface area (Å²) in [6.07, 6.45) is 3.09. The van der Waals surface area contributed by atoms with Crippen LogP contribution in [0.2, 0.25) is 0 Å². The van der Waals surface area contributed by atoms with Crippen molar-refractivity contribution < 1.29 is 14.3 Å². The Morgan fingerprint density at radius 1 is 0.852 bits per heavy atom. The van der Waals surface area contributed by atoms with Crippen LogP contribution in [0.1, 0.15) is 21.5 Å². The van der Waals surface area contributed by atoms with Crippen molar-refractivity contribution >= 4 is 23.5 Å². The molecule has 1 N–H and O–H groups in total. The average molecular weight is 357 g/mol. The van der Waals surface area contributed by atoms with E-state index >= 15 is 0 Å². The summed E-state index contributed by atoms with van der Waals surface area (Å²) in [4.78, 5) is 25.1. The van der Waals surface area contributed by atoms with Crippen molar-refractivity contribution in [1.82, 2.24) is 0 Å². The van der Waals surface area contributed by atoms with Crippen molar-refractivity contribution in [2.75, 3.05) is 12.4 Å². The second-order valence-corrected chi connectivity index (χ2v) is 5.81. The summed E-state index contributed by atoms with van der Waals surface area (Å²) in [5.74, 6) is 0.218. The van der Waals surface area contributed by atoms with Gasteiger partial charge in [-0.15, -0.1) is 0 Å². The number of nitrogens with one attached hydrogen (secondary N) is 1. The molecule has 4 nitrogen and oxygen atoms in total. The standard InChI is InChI=1S/C23H19NO3/c1-27-21-14-8-5-9-17(21)15-16-22(25)24-20-13-7-6-12-19(20)23(26)18-10-3-2-4-11-18/h2-16H,1H3,(H,24,25)/b16-15+. The van der Waals surface area contributed by atoms with E-state index in [4.69, 9.17) is 4.74 Å². The predicted octanol–water partition coefficient (Wildman–Crippen LogP) is 4.58. The molecule has 0 heterocycles. The minimum atomic E-state index is -0.325. The number of rotatable bonds is 6. The van der Waals surface area contributed by atoms with E-state index < -0.39 is 0 Å². The van der Waals surface area contributed by atoms with Crippen LogP contribution in [0.15, 0.2) is 84.9 Å². The fraction of sp³-hybridized carbons (Fsp3) is 0.0435.